The van der Waals surface area contributed by atoms with Gasteiger partial charge in [0.25, 0.3) is 0 Å². The first-order valence-electron chi connectivity index (χ1n) is 7.72. The van der Waals surface area contributed by atoms with Crippen molar-refractivity contribution in [2.45, 2.75) is 28.8 Å². The predicted octanol–water partition coefficient (Wildman–Crippen LogP) is 1.08. The van der Waals surface area contributed by atoms with Crippen LogP contribution in [0.25, 0.3) is 0 Å². The second-order valence-corrected chi connectivity index (χ2v) is 8.39. The summed E-state index contributed by atoms with van der Waals surface area (Å²) >= 11 is 1.17. The topological polar surface area (TPSA) is 146 Å². The van der Waals surface area contributed by atoms with Gasteiger partial charge in [0.15, 0.2) is 0 Å². The van der Waals surface area contributed by atoms with E-state index in [-0.39, 0.29) is 10.8 Å². The summed E-state index contributed by atoms with van der Waals surface area (Å²) in [6.45, 7) is 2.03. The summed E-state index contributed by atoms with van der Waals surface area (Å²) < 4.78 is 29.6. The highest BCUT2D eigenvalue weighted by Gasteiger charge is 2.20. The predicted molar refractivity (Wildman–Crippen MR) is 97.4 cm³/mol. The van der Waals surface area contributed by atoms with Crippen LogP contribution in [0.2, 0.25) is 0 Å². The molecule has 10 nitrogen and oxygen atoms in total. The Hall–Kier alpha value is -2.70. The van der Waals surface area contributed by atoms with Gasteiger partial charge in [-0.05, 0) is 47.7 Å². The lowest BCUT2D eigenvalue weighted by Crippen LogP contribution is -2.23. The minimum Gasteiger partial charge on any atom is -0.467 e. The molecular weight excluding hydrogens is 392 g/mol. The summed E-state index contributed by atoms with van der Waals surface area (Å²) in [6.07, 6.45) is 1.55. The van der Waals surface area contributed by atoms with Gasteiger partial charge in [-0.2, -0.15) is 0 Å². The number of nitrogens with zero attached hydrogens (tertiary/aromatic N) is 4. The van der Waals surface area contributed by atoms with Crippen molar-refractivity contribution in [2.24, 2.45) is 5.14 Å². The summed E-state index contributed by atoms with van der Waals surface area (Å²) in [5.41, 5.74) is 0.328. The van der Waals surface area contributed by atoms with Crippen LogP contribution in [0.15, 0.2) is 57.1 Å². The number of carbonyl (C=O) groups excluding carboxylic acids is 1. The number of anilines is 1. The Morgan fingerprint density at radius 2 is 2.19 bits per heavy atom. The van der Waals surface area contributed by atoms with Crippen LogP contribution < -0.4 is 10.5 Å². The van der Waals surface area contributed by atoms with Crippen LogP contribution in [0.1, 0.15) is 12.7 Å². The Morgan fingerprint density at radius 1 is 1.37 bits per heavy atom. The van der Waals surface area contributed by atoms with Crippen LogP contribution in [0.5, 0.6) is 0 Å². The van der Waals surface area contributed by atoms with Crippen molar-refractivity contribution in [1.29, 1.82) is 0 Å². The number of hydrogen-bond acceptors (Lipinski definition) is 8. The maximum atomic E-state index is 12.4. The number of rotatable bonds is 7. The van der Waals surface area contributed by atoms with E-state index in [1.165, 1.54) is 34.6 Å². The molecule has 3 aromatic rings. The van der Waals surface area contributed by atoms with Gasteiger partial charge in [-0.1, -0.05) is 17.8 Å². The fraction of sp³-hybridized carbons (Fsp3) is 0.200. The molecule has 2 aromatic heterocycles. The largest absolute Gasteiger partial charge is 0.467 e. The molecule has 1 unspecified atom stereocenters. The smallest absolute Gasteiger partial charge is 0.238 e. The molecule has 0 aliphatic carbocycles. The molecular formula is C15H16N6O4S2. The lowest BCUT2D eigenvalue weighted by molar-refractivity contribution is -0.115. The van der Waals surface area contributed by atoms with E-state index in [0.29, 0.717) is 23.1 Å². The molecule has 0 aliphatic heterocycles. The van der Waals surface area contributed by atoms with Crippen molar-refractivity contribution in [2.75, 3.05) is 5.32 Å². The van der Waals surface area contributed by atoms with E-state index in [9.17, 15) is 13.2 Å². The van der Waals surface area contributed by atoms with Crippen LogP contribution in [0.3, 0.4) is 0 Å². The number of nitrogens with two attached hydrogens (primary N) is 1. The molecule has 0 saturated carbocycles. The lowest BCUT2D eigenvalue weighted by atomic mass is 10.3. The number of thioether (sulfide) groups is 1. The zero-order valence-electron chi connectivity index (χ0n) is 14.1. The number of furan rings is 1. The van der Waals surface area contributed by atoms with Crippen LogP contribution >= 0.6 is 11.8 Å². The molecule has 1 atom stereocenters. The molecule has 1 amide bonds. The maximum Gasteiger partial charge on any atom is 0.238 e. The molecule has 2 heterocycles. The summed E-state index contributed by atoms with van der Waals surface area (Å²) in [5.74, 6) is 0.347. The van der Waals surface area contributed by atoms with Crippen molar-refractivity contribution in [3.8, 4) is 0 Å². The fourth-order valence-electron chi connectivity index (χ4n) is 2.14. The Balaban J connectivity index is 1.66. The zero-order valence-corrected chi connectivity index (χ0v) is 15.8. The standard InChI is InChI=1S/C15H16N6O4S2/c1-10(14(22)17-11-4-2-6-13(8-11)27(16,23)24)26-15-18-19-20-21(15)9-12-5-3-7-25-12/h2-8,10H,9H2,1H3,(H,17,22)(H2,16,23,24). The molecule has 12 heteroatoms. The molecule has 0 bridgehead atoms. The quantitative estimate of drug-likeness (QED) is 0.552. The summed E-state index contributed by atoms with van der Waals surface area (Å²) in [4.78, 5) is 12.3. The lowest BCUT2D eigenvalue weighted by Gasteiger charge is -2.12. The SMILES string of the molecule is CC(Sc1nnnn1Cc1ccco1)C(=O)Nc1cccc(S(N)(=O)=O)c1. The van der Waals surface area contributed by atoms with Gasteiger partial charge >= 0.3 is 0 Å². The molecule has 1 aromatic carbocycles. The molecule has 3 rings (SSSR count). The van der Waals surface area contributed by atoms with E-state index in [2.05, 4.69) is 20.8 Å². The van der Waals surface area contributed by atoms with Gasteiger partial charge in [-0.15, -0.1) is 5.10 Å². The Morgan fingerprint density at radius 3 is 2.89 bits per heavy atom. The number of amides is 1. The van der Waals surface area contributed by atoms with E-state index in [1.54, 1.807) is 31.4 Å². The second-order valence-electron chi connectivity index (χ2n) is 5.52. The number of sulfonamides is 1. The second kappa shape index (κ2) is 7.90. The average Bonchev–Trinajstić information content (AvgIpc) is 3.27. The molecule has 3 N–H and O–H groups in total. The van der Waals surface area contributed by atoms with Crippen molar-refractivity contribution in [3.63, 3.8) is 0 Å². The molecule has 0 aliphatic rings. The third-order valence-corrected chi connectivity index (χ3v) is 5.45. The van der Waals surface area contributed by atoms with Gasteiger partial charge in [0.05, 0.1) is 16.4 Å². The third-order valence-electron chi connectivity index (χ3n) is 3.47. The van der Waals surface area contributed by atoms with Gasteiger partial charge < -0.3 is 9.73 Å². The Labute approximate surface area is 159 Å². The first-order valence-corrected chi connectivity index (χ1v) is 10.1. The number of carbonyl (C=O) groups is 1. The van der Waals surface area contributed by atoms with Crippen molar-refractivity contribution in [3.05, 3.63) is 48.4 Å². The summed E-state index contributed by atoms with van der Waals surface area (Å²) in [5, 5.41) is 19.1. The fourth-order valence-corrected chi connectivity index (χ4v) is 3.48. The third kappa shape index (κ3) is 4.93. The first-order chi connectivity index (χ1) is 12.8. The normalized spacial score (nSPS) is 12.7. The Kier molecular flexibility index (Phi) is 5.58. The molecule has 142 valence electrons. The first kappa shape index (κ1) is 19.1. The van der Waals surface area contributed by atoms with Crippen molar-refractivity contribution < 1.29 is 17.6 Å². The Bertz CT molecular complexity index is 1030. The van der Waals surface area contributed by atoms with Crippen molar-refractivity contribution in [1.82, 2.24) is 20.2 Å². The highest BCUT2D eigenvalue weighted by Crippen LogP contribution is 2.23. The van der Waals surface area contributed by atoms with Gasteiger partial charge in [-0.25, -0.2) is 18.2 Å². The van der Waals surface area contributed by atoms with Gasteiger partial charge in [0, 0.05) is 5.69 Å². The highest BCUT2D eigenvalue weighted by atomic mass is 32.2. The van der Waals surface area contributed by atoms with Gasteiger partial charge in [0.2, 0.25) is 21.1 Å². The molecule has 27 heavy (non-hydrogen) atoms. The highest BCUT2D eigenvalue weighted by molar-refractivity contribution is 8.00. The van der Waals surface area contributed by atoms with E-state index in [4.69, 9.17) is 9.56 Å². The molecule has 0 spiro atoms. The minimum absolute atomic E-state index is 0.0806. The molecule has 0 radical (unpaired) electrons. The summed E-state index contributed by atoms with van der Waals surface area (Å²) in [7, 11) is -3.85. The monoisotopic (exact) mass is 408 g/mol. The maximum absolute atomic E-state index is 12.4. The minimum atomic E-state index is -3.85. The van der Waals surface area contributed by atoms with Crippen molar-refractivity contribution >= 4 is 33.4 Å². The number of tetrazole rings is 1. The van der Waals surface area contributed by atoms with E-state index >= 15 is 0 Å². The van der Waals surface area contributed by atoms with Gasteiger partial charge in [-0.3, -0.25) is 4.79 Å². The van der Waals surface area contributed by atoms with Crippen LogP contribution in [-0.2, 0) is 21.4 Å². The average molecular weight is 408 g/mol. The molecule has 0 fully saturated rings. The van der Waals surface area contributed by atoms with E-state index < -0.39 is 15.3 Å². The number of nitrogens with one attached hydrogen (secondary N) is 1. The number of benzene rings is 1. The molecule has 0 saturated heterocycles. The van der Waals surface area contributed by atoms with Crippen LogP contribution in [0, 0.1) is 0 Å². The van der Waals surface area contributed by atoms with Gasteiger partial charge in [0.1, 0.15) is 12.3 Å². The number of hydrogen-bond donors (Lipinski definition) is 2. The van der Waals surface area contributed by atoms with E-state index in [1.807, 2.05) is 0 Å². The summed E-state index contributed by atoms with van der Waals surface area (Å²) in [6, 6.07) is 9.28. The number of primary sulfonamides is 1. The van der Waals surface area contributed by atoms with Crippen LogP contribution in [0.4, 0.5) is 5.69 Å². The zero-order chi connectivity index (χ0) is 19.4. The number of aromatic nitrogens is 4. The van der Waals surface area contributed by atoms with E-state index in [0.717, 1.165) is 0 Å². The van der Waals surface area contributed by atoms with Crippen LogP contribution in [-0.4, -0.2) is 39.8 Å².